The molecule has 1 aromatic rings. The highest BCUT2D eigenvalue weighted by molar-refractivity contribution is 7.09. The number of hydrogen-bond donors (Lipinski definition) is 2. The molecule has 0 fully saturated rings. The number of esters is 1. The molecule has 0 spiro atoms. The molecule has 0 saturated carbocycles. The molecule has 1 amide bonds. The van der Waals surface area contributed by atoms with Crippen LogP contribution in [0.2, 0.25) is 0 Å². The van der Waals surface area contributed by atoms with Gasteiger partial charge in [0.25, 0.3) is 0 Å². The zero-order valence-electron chi connectivity index (χ0n) is 19.3. The highest BCUT2D eigenvalue weighted by Crippen LogP contribution is 2.23. The number of nitrogens with one attached hydrogen (secondary N) is 1. The predicted octanol–water partition coefficient (Wildman–Crippen LogP) is 4.43. The monoisotopic (exact) mass is 448 g/mol. The van der Waals surface area contributed by atoms with Crippen molar-refractivity contribution in [2.45, 2.75) is 78.9 Å². The molecule has 1 aromatic heterocycles. The van der Waals surface area contributed by atoms with E-state index in [4.69, 9.17) is 4.74 Å². The number of aliphatic hydroxyl groups is 1. The highest BCUT2D eigenvalue weighted by Gasteiger charge is 2.27. The SMILES string of the molecule is C/C1=C/C[C@@H](/C(C)=C/c2csc(C)n2)OC(=O)CCNC(=O)[C@H](C)[C@@H](O)[C@@H](C)CCC1. The number of aryl methyl sites for hydroxylation is 1. The maximum atomic E-state index is 12.4. The summed E-state index contributed by atoms with van der Waals surface area (Å²) in [5.41, 5.74) is 3.05. The molecule has 0 aliphatic carbocycles. The fraction of sp³-hybridized carbons (Fsp3) is 0.625. The molecule has 2 rings (SSSR count). The van der Waals surface area contributed by atoms with Crippen LogP contribution in [-0.2, 0) is 14.3 Å². The Hall–Kier alpha value is -1.99. The van der Waals surface area contributed by atoms with E-state index >= 15 is 0 Å². The summed E-state index contributed by atoms with van der Waals surface area (Å²) in [7, 11) is 0. The number of carbonyl (C=O) groups is 2. The van der Waals surface area contributed by atoms with Crippen LogP contribution >= 0.6 is 11.3 Å². The molecular weight excluding hydrogens is 412 g/mol. The third kappa shape index (κ3) is 8.22. The van der Waals surface area contributed by atoms with Crippen LogP contribution in [0.25, 0.3) is 6.08 Å². The minimum absolute atomic E-state index is 0.0333. The minimum Gasteiger partial charge on any atom is -0.457 e. The van der Waals surface area contributed by atoms with Crippen molar-refractivity contribution in [3.8, 4) is 0 Å². The molecule has 6 nitrogen and oxygen atoms in total. The molecule has 0 radical (unpaired) electrons. The van der Waals surface area contributed by atoms with E-state index in [1.807, 2.05) is 32.2 Å². The van der Waals surface area contributed by atoms with Crippen molar-refractivity contribution < 1.29 is 19.4 Å². The first-order valence-electron chi connectivity index (χ1n) is 11.1. The van der Waals surface area contributed by atoms with Gasteiger partial charge in [-0.1, -0.05) is 25.5 Å². The van der Waals surface area contributed by atoms with Gasteiger partial charge in [0.2, 0.25) is 5.91 Å². The first kappa shape index (κ1) is 25.3. The molecule has 0 bridgehead atoms. The number of rotatable bonds is 2. The molecule has 4 atom stereocenters. The Morgan fingerprint density at radius 1 is 1.29 bits per heavy atom. The summed E-state index contributed by atoms with van der Waals surface area (Å²) in [5, 5.41) is 16.2. The third-order valence-electron chi connectivity index (χ3n) is 5.84. The number of carbonyl (C=O) groups excluding carboxylic acids is 2. The number of ether oxygens (including phenoxy) is 1. The van der Waals surface area contributed by atoms with E-state index in [0.717, 1.165) is 35.5 Å². The van der Waals surface area contributed by atoms with Gasteiger partial charge in [0.05, 0.1) is 29.1 Å². The number of allylic oxidation sites excluding steroid dienone is 1. The Bertz CT molecular complexity index is 814. The number of nitrogens with zero attached hydrogens (tertiary/aromatic N) is 1. The Labute approximate surface area is 189 Å². The molecule has 0 saturated heterocycles. The lowest BCUT2D eigenvalue weighted by molar-refractivity contribution is -0.147. The van der Waals surface area contributed by atoms with Crippen LogP contribution in [0.5, 0.6) is 0 Å². The second-order valence-electron chi connectivity index (χ2n) is 8.63. The Kier molecular flexibility index (Phi) is 9.91. The molecule has 0 aromatic carbocycles. The molecule has 1 aliphatic heterocycles. The lowest BCUT2D eigenvalue weighted by atomic mass is 9.88. The average Bonchev–Trinajstić information content (AvgIpc) is 3.13. The van der Waals surface area contributed by atoms with Crippen LogP contribution in [0.3, 0.4) is 0 Å². The van der Waals surface area contributed by atoms with Crippen molar-refractivity contribution in [3.05, 3.63) is 33.3 Å². The summed E-state index contributed by atoms with van der Waals surface area (Å²) in [6, 6.07) is 0. The van der Waals surface area contributed by atoms with Gasteiger partial charge in [0, 0.05) is 18.3 Å². The van der Waals surface area contributed by atoms with Crippen molar-refractivity contribution >= 4 is 29.3 Å². The van der Waals surface area contributed by atoms with Gasteiger partial charge in [-0.05, 0) is 57.6 Å². The molecule has 31 heavy (non-hydrogen) atoms. The molecule has 2 N–H and O–H groups in total. The van der Waals surface area contributed by atoms with E-state index in [0.29, 0.717) is 6.42 Å². The summed E-state index contributed by atoms with van der Waals surface area (Å²) in [6.45, 7) is 9.91. The summed E-state index contributed by atoms with van der Waals surface area (Å²) in [5.74, 6) is -1.07. The van der Waals surface area contributed by atoms with Crippen LogP contribution in [0, 0.1) is 18.8 Å². The Morgan fingerprint density at radius 2 is 2.03 bits per heavy atom. The van der Waals surface area contributed by atoms with E-state index in [-0.39, 0.29) is 36.9 Å². The first-order valence-corrected chi connectivity index (χ1v) is 12.0. The normalized spacial score (nSPS) is 29.6. The van der Waals surface area contributed by atoms with Crippen LogP contribution < -0.4 is 5.32 Å². The predicted molar refractivity (Wildman–Crippen MR) is 125 cm³/mol. The second-order valence-corrected chi connectivity index (χ2v) is 9.70. The fourth-order valence-electron chi connectivity index (χ4n) is 3.70. The van der Waals surface area contributed by atoms with Gasteiger partial charge < -0.3 is 15.2 Å². The summed E-state index contributed by atoms with van der Waals surface area (Å²) in [4.78, 5) is 29.3. The van der Waals surface area contributed by atoms with E-state index in [1.165, 1.54) is 5.57 Å². The van der Waals surface area contributed by atoms with Crippen LogP contribution in [-0.4, -0.2) is 40.7 Å². The largest absolute Gasteiger partial charge is 0.457 e. The summed E-state index contributed by atoms with van der Waals surface area (Å²) < 4.78 is 5.76. The van der Waals surface area contributed by atoms with Crippen LogP contribution in [0.1, 0.15) is 70.5 Å². The Balaban J connectivity index is 2.17. The van der Waals surface area contributed by atoms with Crippen molar-refractivity contribution in [2.24, 2.45) is 11.8 Å². The molecule has 7 heteroatoms. The van der Waals surface area contributed by atoms with Gasteiger partial charge in [-0.15, -0.1) is 11.3 Å². The Morgan fingerprint density at radius 3 is 2.71 bits per heavy atom. The van der Waals surface area contributed by atoms with Crippen molar-refractivity contribution in [2.75, 3.05) is 6.54 Å². The quantitative estimate of drug-likeness (QED) is 0.516. The lowest BCUT2D eigenvalue weighted by Crippen LogP contribution is -2.39. The number of aliphatic hydroxyl groups excluding tert-OH is 1. The number of hydrogen-bond acceptors (Lipinski definition) is 6. The van der Waals surface area contributed by atoms with E-state index in [1.54, 1.807) is 18.3 Å². The molecule has 172 valence electrons. The van der Waals surface area contributed by atoms with Crippen molar-refractivity contribution in [1.82, 2.24) is 10.3 Å². The van der Waals surface area contributed by atoms with E-state index < -0.39 is 12.0 Å². The standard InChI is InChI=1S/C24H36N2O4S/c1-15-7-6-8-16(2)23(28)18(4)24(29)25-12-11-22(27)30-21(10-9-15)17(3)13-20-14-31-19(5)26-20/h9,13-14,16,18,21,23,28H,6-8,10-12H2,1-5H3,(H,25,29)/b15-9-,17-13+/t16-,18+,21-,23-/m0/s1. The minimum atomic E-state index is -0.698. The lowest BCUT2D eigenvalue weighted by Gasteiger charge is -2.25. The van der Waals surface area contributed by atoms with Crippen LogP contribution in [0.4, 0.5) is 0 Å². The second kappa shape index (κ2) is 12.2. The smallest absolute Gasteiger partial charge is 0.308 e. The number of cyclic esters (lactones) is 1. The summed E-state index contributed by atoms with van der Waals surface area (Å²) in [6.07, 6.45) is 6.43. The number of thiazole rings is 1. The van der Waals surface area contributed by atoms with Gasteiger partial charge in [-0.25, -0.2) is 4.98 Å². The fourth-order valence-corrected chi connectivity index (χ4v) is 4.27. The number of aromatic nitrogens is 1. The maximum absolute atomic E-state index is 12.4. The molecular formula is C24H36N2O4S. The van der Waals surface area contributed by atoms with Gasteiger partial charge in [0.1, 0.15) is 6.10 Å². The molecule has 2 heterocycles. The zero-order valence-corrected chi connectivity index (χ0v) is 20.1. The average molecular weight is 449 g/mol. The van der Waals surface area contributed by atoms with E-state index in [9.17, 15) is 14.7 Å². The molecule has 0 unspecified atom stereocenters. The zero-order chi connectivity index (χ0) is 23.0. The number of amides is 1. The van der Waals surface area contributed by atoms with Crippen LogP contribution in [0.15, 0.2) is 22.6 Å². The maximum Gasteiger partial charge on any atom is 0.308 e. The molecule has 1 aliphatic rings. The van der Waals surface area contributed by atoms with Gasteiger partial charge in [0.15, 0.2) is 0 Å². The third-order valence-corrected chi connectivity index (χ3v) is 6.63. The van der Waals surface area contributed by atoms with Crippen molar-refractivity contribution in [3.63, 3.8) is 0 Å². The summed E-state index contributed by atoms with van der Waals surface area (Å²) >= 11 is 1.59. The van der Waals surface area contributed by atoms with E-state index in [2.05, 4.69) is 23.3 Å². The highest BCUT2D eigenvalue weighted by atomic mass is 32.1. The van der Waals surface area contributed by atoms with Crippen molar-refractivity contribution in [1.29, 1.82) is 0 Å². The van der Waals surface area contributed by atoms with Gasteiger partial charge >= 0.3 is 5.97 Å². The van der Waals surface area contributed by atoms with Gasteiger partial charge in [-0.3, -0.25) is 9.59 Å². The topological polar surface area (TPSA) is 88.5 Å². The first-order chi connectivity index (χ1) is 14.7. The van der Waals surface area contributed by atoms with Gasteiger partial charge in [-0.2, -0.15) is 0 Å².